The van der Waals surface area contributed by atoms with Crippen molar-refractivity contribution >= 4 is 28.1 Å². The van der Waals surface area contributed by atoms with E-state index in [0.29, 0.717) is 30.0 Å². The lowest BCUT2D eigenvalue weighted by Gasteiger charge is -2.38. The molecule has 0 unspecified atom stereocenters. The fourth-order valence-corrected chi connectivity index (χ4v) is 5.19. The molecule has 2 fully saturated rings. The van der Waals surface area contributed by atoms with E-state index in [0.717, 1.165) is 48.6 Å². The molecule has 2 aliphatic rings. The van der Waals surface area contributed by atoms with Crippen LogP contribution in [-0.4, -0.2) is 48.0 Å². The van der Waals surface area contributed by atoms with Gasteiger partial charge in [-0.1, -0.05) is 0 Å². The van der Waals surface area contributed by atoms with Gasteiger partial charge in [-0.3, -0.25) is 10.1 Å². The number of amides is 1. The minimum Gasteiger partial charge on any atom is -0.371 e. The molecule has 0 atom stereocenters. The molecule has 2 saturated heterocycles. The van der Waals surface area contributed by atoms with Crippen molar-refractivity contribution < 1.29 is 18.0 Å². The number of thiazole rings is 1. The highest BCUT2D eigenvalue weighted by molar-refractivity contribution is 7.15. The molecule has 9 heteroatoms. The Labute approximate surface area is 184 Å². The number of hydrogen-bond acceptors (Lipinski definition) is 5. The summed E-state index contributed by atoms with van der Waals surface area (Å²) in [5.41, 5.74) is 0.442. The summed E-state index contributed by atoms with van der Waals surface area (Å²) in [6, 6.07) is 4.14. The number of hydrogen-bond donors (Lipinski definition) is 1. The van der Waals surface area contributed by atoms with Crippen LogP contribution in [0.25, 0.3) is 0 Å². The van der Waals surface area contributed by atoms with Crippen LogP contribution in [0.15, 0.2) is 18.2 Å². The number of likely N-dealkylation sites (tertiary alicyclic amines) is 1. The maximum atomic E-state index is 13.6. The number of carbonyl (C=O) groups is 1. The second-order valence-electron chi connectivity index (χ2n) is 8.34. The smallest absolute Gasteiger partial charge is 0.371 e. The second kappa shape index (κ2) is 8.78. The third-order valence-electron chi connectivity index (χ3n) is 6.24. The first kappa shape index (κ1) is 22.1. The number of piperidine rings is 1. The Balaban J connectivity index is 1.54. The van der Waals surface area contributed by atoms with E-state index < -0.39 is 17.6 Å². The van der Waals surface area contributed by atoms with Gasteiger partial charge in [0.15, 0.2) is 5.13 Å². The molecular weight excluding hydrogens is 425 g/mol. The predicted molar refractivity (Wildman–Crippen MR) is 117 cm³/mol. The van der Waals surface area contributed by atoms with Gasteiger partial charge in [0.1, 0.15) is 0 Å². The van der Waals surface area contributed by atoms with Gasteiger partial charge < -0.3 is 9.80 Å². The van der Waals surface area contributed by atoms with E-state index in [1.54, 1.807) is 6.07 Å². The molecule has 0 aliphatic carbocycles. The highest BCUT2D eigenvalue weighted by atomic mass is 32.1. The largest absolute Gasteiger partial charge is 0.416 e. The van der Waals surface area contributed by atoms with Crippen molar-refractivity contribution in [1.82, 2.24) is 9.88 Å². The molecule has 168 valence electrons. The van der Waals surface area contributed by atoms with Gasteiger partial charge in [-0.05, 0) is 70.8 Å². The highest BCUT2D eigenvalue weighted by Gasteiger charge is 2.33. The Morgan fingerprint density at radius 1 is 1.10 bits per heavy atom. The topological polar surface area (TPSA) is 48.5 Å². The molecule has 0 bridgehead atoms. The lowest BCUT2D eigenvalue weighted by Crippen LogP contribution is -2.44. The van der Waals surface area contributed by atoms with Gasteiger partial charge in [-0.25, -0.2) is 4.98 Å². The fraction of sp³-hybridized carbons (Fsp3) is 0.545. The Hall–Kier alpha value is -2.13. The quantitative estimate of drug-likeness (QED) is 0.702. The molecule has 0 saturated carbocycles. The molecule has 0 spiro atoms. The number of rotatable bonds is 4. The summed E-state index contributed by atoms with van der Waals surface area (Å²) in [5, 5.41) is 3.04. The van der Waals surface area contributed by atoms with E-state index in [-0.39, 0.29) is 5.56 Å². The standard InChI is InChI=1S/C22H27F3N4OS/c1-14-15(2)31-21(26-14)27-20(30)16-11-17(22(23,24)25)13-19(12-16)29-9-5-18(6-10-29)28-7-3-4-8-28/h11-13,18H,3-10H2,1-2H3,(H,26,27,30). The average Bonchev–Trinajstić information content (AvgIpc) is 3.37. The van der Waals surface area contributed by atoms with E-state index in [2.05, 4.69) is 15.2 Å². The minimum atomic E-state index is -4.52. The number of benzene rings is 1. The molecule has 1 amide bonds. The van der Waals surface area contributed by atoms with Crippen LogP contribution in [-0.2, 0) is 6.18 Å². The van der Waals surface area contributed by atoms with Gasteiger partial charge >= 0.3 is 6.18 Å². The van der Waals surface area contributed by atoms with Crippen LogP contribution >= 0.6 is 11.3 Å². The van der Waals surface area contributed by atoms with Gasteiger partial charge in [0, 0.05) is 35.3 Å². The van der Waals surface area contributed by atoms with Crippen LogP contribution in [0.2, 0.25) is 0 Å². The van der Waals surface area contributed by atoms with E-state index in [1.807, 2.05) is 18.7 Å². The molecular formula is C22H27F3N4OS. The molecule has 2 aliphatic heterocycles. The van der Waals surface area contributed by atoms with Crippen LogP contribution in [0.3, 0.4) is 0 Å². The van der Waals surface area contributed by atoms with Crippen LogP contribution in [0.1, 0.15) is 52.2 Å². The van der Waals surface area contributed by atoms with Crippen LogP contribution in [0.4, 0.5) is 24.0 Å². The zero-order valence-corrected chi connectivity index (χ0v) is 18.6. The maximum Gasteiger partial charge on any atom is 0.416 e. The van der Waals surface area contributed by atoms with Crippen molar-refractivity contribution in [2.24, 2.45) is 0 Å². The molecule has 2 aromatic rings. The molecule has 0 radical (unpaired) electrons. The molecule has 5 nitrogen and oxygen atoms in total. The summed E-state index contributed by atoms with van der Waals surface area (Å²) in [6.07, 6.45) is -0.215. The van der Waals surface area contributed by atoms with Crippen molar-refractivity contribution in [3.63, 3.8) is 0 Å². The first-order valence-corrected chi connectivity index (χ1v) is 11.5. The Morgan fingerprint density at radius 2 is 1.77 bits per heavy atom. The van der Waals surface area contributed by atoms with Gasteiger partial charge in [-0.15, -0.1) is 11.3 Å². The second-order valence-corrected chi connectivity index (χ2v) is 9.55. The van der Waals surface area contributed by atoms with E-state index in [4.69, 9.17) is 0 Å². The Bertz CT molecular complexity index is 925. The molecule has 3 heterocycles. The van der Waals surface area contributed by atoms with Crippen LogP contribution in [0, 0.1) is 13.8 Å². The van der Waals surface area contributed by atoms with Gasteiger partial charge in [0.2, 0.25) is 0 Å². The number of aryl methyl sites for hydroxylation is 2. The van der Waals surface area contributed by atoms with Crippen LogP contribution < -0.4 is 10.2 Å². The third kappa shape index (κ3) is 5.03. The number of halogens is 3. The van der Waals surface area contributed by atoms with Gasteiger partial charge in [-0.2, -0.15) is 13.2 Å². The highest BCUT2D eigenvalue weighted by Crippen LogP contribution is 2.35. The Kier molecular flexibility index (Phi) is 6.25. The SMILES string of the molecule is Cc1nc(NC(=O)c2cc(N3CCC(N4CCCC4)CC3)cc(C(F)(F)F)c2)sc1C. The molecule has 1 aromatic heterocycles. The van der Waals surface area contributed by atoms with Crippen molar-refractivity contribution in [2.45, 2.75) is 51.7 Å². The number of carbonyl (C=O) groups excluding carboxylic acids is 1. The van der Waals surface area contributed by atoms with Crippen LogP contribution in [0.5, 0.6) is 0 Å². The minimum absolute atomic E-state index is 0.00278. The zero-order chi connectivity index (χ0) is 22.2. The summed E-state index contributed by atoms with van der Waals surface area (Å²) < 4.78 is 40.7. The summed E-state index contributed by atoms with van der Waals surface area (Å²) in [7, 11) is 0. The predicted octanol–water partition coefficient (Wildman–Crippen LogP) is 5.10. The molecule has 1 aromatic carbocycles. The summed E-state index contributed by atoms with van der Waals surface area (Å²) in [6.45, 7) is 7.33. The third-order valence-corrected chi connectivity index (χ3v) is 7.23. The normalized spacial score (nSPS) is 18.5. The van der Waals surface area contributed by atoms with E-state index >= 15 is 0 Å². The maximum absolute atomic E-state index is 13.6. The summed E-state index contributed by atoms with van der Waals surface area (Å²) >= 11 is 1.31. The Morgan fingerprint density at radius 3 is 2.35 bits per heavy atom. The van der Waals surface area contributed by atoms with Crippen molar-refractivity contribution in [2.75, 3.05) is 36.4 Å². The number of nitrogens with one attached hydrogen (secondary N) is 1. The molecule has 4 rings (SSSR count). The average molecular weight is 453 g/mol. The summed E-state index contributed by atoms with van der Waals surface area (Å²) in [5.74, 6) is -0.576. The number of nitrogens with zero attached hydrogens (tertiary/aromatic N) is 3. The summed E-state index contributed by atoms with van der Waals surface area (Å²) in [4.78, 5) is 22.4. The first-order chi connectivity index (χ1) is 14.7. The number of anilines is 2. The first-order valence-electron chi connectivity index (χ1n) is 10.7. The van der Waals surface area contributed by atoms with E-state index in [9.17, 15) is 18.0 Å². The zero-order valence-electron chi connectivity index (χ0n) is 17.8. The lowest BCUT2D eigenvalue weighted by atomic mass is 10.0. The van der Waals surface area contributed by atoms with Gasteiger partial charge in [0.05, 0.1) is 11.3 Å². The fourth-order valence-electron chi connectivity index (χ4n) is 4.38. The van der Waals surface area contributed by atoms with E-state index in [1.165, 1.54) is 24.2 Å². The molecule has 1 N–H and O–H groups in total. The monoisotopic (exact) mass is 452 g/mol. The van der Waals surface area contributed by atoms with Crippen molar-refractivity contribution in [3.8, 4) is 0 Å². The number of alkyl halides is 3. The van der Waals surface area contributed by atoms with Crippen molar-refractivity contribution in [3.05, 3.63) is 39.9 Å². The lowest BCUT2D eigenvalue weighted by molar-refractivity contribution is -0.137. The number of aromatic nitrogens is 1. The van der Waals surface area contributed by atoms with Gasteiger partial charge in [0.25, 0.3) is 5.91 Å². The molecule has 31 heavy (non-hydrogen) atoms. The van der Waals surface area contributed by atoms with Crippen molar-refractivity contribution in [1.29, 1.82) is 0 Å².